The second kappa shape index (κ2) is 4.98. The summed E-state index contributed by atoms with van der Waals surface area (Å²) in [6.45, 7) is 2.62. The number of anilines is 1. The highest BCUT2D eigenvalue weighted by atomic mass is 35.5. The number of pyridine rings is 1. The summed E-state index contributed by atoms with van der Waals surface area (Å²) in [5.74, 6) is 1.59. The third-order valence-electron chi connectivity index (χ3n) is 4.42. The van der Waals surface area contributed by atoms with Crippen LogP contribution in [0.5, 0.6) is 0 Å². The number of hydrogen-bond donors (Lipinski definition) is 1. The number of carboxylic acid groups (broad SMARTS) is 1. The number of fused-ring (bicyclic) bond motifs is 1. The van der Waals surface area contributed by atoms with Crippen LogP contribution in [-0.2, 0) is 6.54 Å². The Morgan fingerprint density at radius 2 is 2.14 bits per heavy atom. The average Bonchev–Trinajstić information content (AvgIpc) is 2.89. The zero-order valence-electron chi connectivity index (χ0n) is 11.8. The van der Waals surface area contributed by atoms with Gasteiger partial charge in [-0.2, -0.15) is 0 Å². The van der Waals surface area contributed by atoms with Gasteiger partial charge in [-0.25, -0.2) is 14.8 Å². The van der Waals surface area contributed by atoms with Crippen molar-refractivity contribution in [3.8, 4) is 0 Å². The van der Waals surface area contributed by atoms with E-state index in [1.807, 2.05) is 6.07 Å². The summed E-state index contributed by atoms with van der Waals surface area (Å²) in [4.78, 5) is 21.5. The Bertz CT molecular complexity index is 735. The molecule has 0 bridgehead atoms. The summed E-state index contributed by atoms with van der Waals surface area (Å²) in [6.07, 6.45) is 6.10. The Kier molecular flexibility index (Phi) is 3.07. The van der Waals surface area contributed by atoms with Gasteiger partial charge in [0.2, 0.25) is 0 Å². The van der Waals surface area contributed by atoms with Crippen molar-refractivity contribution in [2.75, 3.05) is 18.0 Å². The average molecular weight is 319 g/mol. The number of hydrogen-bond acceptors (Lipinski definition) is 4. The molecule has 2 aliphatic rings. The van der Waals surface area contributed by atoms with Gasteiger partial charge >= 0.3 is 5.97 Å². The number of imidazole rings is 1. The Morgan fingerprint density at radius 3 is 2.77 bits per heavy atom. The van der Waals surface area contributed by atoms with E-state index in [-0.39, 0.29) is 5.69 Å². The SMILES string of the molecule is O=C(O)c1cn(Cc2cnc(N3CC4CC4C3)cc2Cl)cn1. The zero-order chi connectivity index (χ0) is 15.3. The van der Waals surface area contributed by atoms with Gasteiger partial charge in [-0.1, -0.05) is 11.6 Å². The smallest absolute Gasteiger partial charge is 0.356 e. The van der Waals surface area contributed by atoms with E-state index in [0.717, 1.165) is 36.3 Å². The lowest BCUT2D eigenvalue weighted by atomic mass is 10.2. The molecule has 114 valence electrons. The first-order valence-corrected chi connectivity index (χ1v) is 7.62. The van der Waals surface area contributed by atoms with Crippen LogP contribution in [0.25, 0.3) is 0 Å². The fourth-order valence-corrected chi connectivity index (χ4v) is 3.28. The summed E-state index contributed by atoms with van der Waals surface area (Å²) < 4.78 is 1.69. The summed E-state index contributed by atoms with van der Waals surface area (Å²) in [6, 6.07) is 1.90. The molecule has 2 atom stereocenters. The maximum absolute atomic E-state index is 10.8. The molecule has 3 heterocycles. The monoisotopic (exact) mass is 318 g/mol. The largest absolute Gasteiger partial charge is 0.476 e. The van der Waals surface area contributed by atoms with E-state index in [0.29, 0.717) is 11.6 Å². The van der Waals surface area contributed by atoms with Gasteiger partial charge in [0.15, 0.2) is 5.69 Å². The van der Waals surface area contributed by atoms with Crippen molar-refractivity contribution >= 4 is 23.4 Å². The highest BCUT2D eigenvalue weighted by Gasteiger charge is 2.45. The summed E-state index contributed by atoms with van der Waals surface area (Å²) in [7, 11) is 0. The van der Waals surface area contributed by atoms with Gasteiger partial charge in [0.25, 0.3) is 0 Å². The minimum absolute atomic E-state index is 0.0250. The zero-order valence-corrected chi connectivity index (χ0v) is 12.6. The van der Waals surface area contributed by atoms with E-state index in [4.69, 9.17) is 16.7 Å². The van der Waals surface area contributed by atoms with E-state index >= 15 is 0 Å². The van der Waals surface area contributed by atoms with Crippen LogP contribution in [0, 0.1) is 11.8 Å². The molecule has 1 aliphatic heterocycles. The lowest BCUT2D eigenvalue weighted by molar-refractivity contribution is 0.0691. The fourth-order valence-electron chi connectivity index (χ4n) is 3.08. The van der Waals surface area contributed by atoms with Crippen LogP contribution in [0.4, 0.5) is 5.82 Å². The van der Waals surface area contributed by atoms with Crippen molar-refractivity contribution in [3.63, 3.8) is 0 Å². The van der Waals surface area contributed by atoms with E-state index in [1.165, 1.54) is 18.9 Å². The Hall–Kier alpha value is -2.08. The van der Waals surface area contributed by atoms with Gasteiger partial charge < -0.3 is 14.6 Å². The number of halogens is 1. The van der Waals surface area contributed by atoms with Crippen LogP contribution in [0.1, 0.15) is 22.5 Å². The van der Waals surface area contributed by atoms with Gasteiger partial charge in [0.05, 0.1) is 17.9 Å². The predicted octanol–water partition coefficient (Wildman–Crippen LogP) is 2.13. The number of piperidine rings is 1. The van der Waals surface area contributed by atoms with Gasteiger partial charge in [0.1, 0.15) is 5.82 Å². The minimum atomic E-state index is -1.04. The maximum Gasteiger partial charge on any atom is 0.356 e. The molecule has 7 heteroatoms. The molecule has 2 aromatic heterocycles. The molecule has 2 aromatic rings. The minimum Gasteiger partial charge on any atom is -0.476 e. The van der Waals surface area contributed by atoms with Crippen LogP contribution < -0.4 is 4.90 Å². The van der Waals surface area contributed by atoms with Crippen LogP contribution >= 0.6 is 11.6 Å². The van der Waals surface area contributed by atoms with Crippen molar-refractivity contribution < 1.29 is 9.90 Å². The number of rotatable bonds is 4. The van der Waals surface area contributed by atoms with Crippen molar-refractivity contribution in [2.24, 2.45) is 11.8 Å². The number of carboxylic acids is 1. The first-order valence-electron chi connectivity index (χ1n) is 7.24. The van der Waals surface area contributed by atoms with Crippen LogP contribution in [0.2, 0.25) is 5.02 Å². The lowest BCUT2D eigenvalue weighted by Crippen LogP contribution is -2.22. The molecule has 0 amide bonds. The molecule has 4 rings (SSSR count). The van der Waals surface area contributed by atoms with Crippen molar-refractivity contribution in [2.45, 2.75) is 13.0 Å². The van der Waals surface area contributed by atoms with Gasteiger partial charge in [-0.05, 0) is 24.3 Å². The van der Waals surface area contributed by atoms with Gasteiger partial charge in [0, 0.05) is 31.0 Å². The molecule has 2 unspecified atom stereocenters. The second-order valence-corrected chi connectivity index (χ2v) is 6.44. The molecule has 0 radical (unpaired) electrons. The Morgan fingerprint density at radius 1 is 1.36 bits per heavy atom. The summed E-state index contributed by atoms with van der Waals surface area (Å²) in [5, 5.41) is 9.53. The highest BCUT2D eigenvalue weighted by Crippen LogP contribution is 2.46. The Balaban J connectivity index is 1.50. The fraction of sp³-hybridized carbons (Fsp3) is 0.400. The molecule has 2 fully saturated rings. The first-order chi connectivity index (χ1) is 10.6. The standard InChI is InChI=1S/C15H15ClN4O2/c16-12-2-14(20-5-9-1-10(9)6-20)17-3-11(12)4-19-7-13(15(21)22)18-8-19/h2-3,7-10H,1,4-6H2,(H,21,22). The maximum atomic E-state index is 10.8. The first kappa shape index (κ1) is 13.6. The van der Waals surface area contributed by atoms with Crippen LogP contribution in [0.15, 0.2) is 24.8 Å². The van der Waals surface area contributed by atoms with E-state index in [2.05, 4.69) is 14.9 Å². The molecule has 0 spiro atoms. The topological polar surface area (TPSA) is 71.2 Å². The number of carbonyl (C=O) groups is 1. The summed E-state index contributed by atoms with van der Waals surface area (Å²) in [5.41, 5.74) is 0.876. The van der Waals surface area contributed by atoms with Crippen molar-refractivity contribution in [1.29, 1.82) is 0 Å². The molecular weight excluding hydrogens is 304 g/mol. The summed E-state index contributed by atoms with van der Waals surface area (Å²) >= 11 is 6.36. The number of aromatic carboxylic acids is 1. The van der Waals surface area contributed by atoms with Crippen molar-refractivity contribution in [3.05, 3.63) is 41.1 Å². The lowest BCUT2D eigenvalue weighted by Gasteiger charge is -2.19. The molecule has 1 N–H and O–H groups in total. The van der Waals surface area contributed by atoms with E-state index in [9.17, 15) is 4.79 Å². The highest BCUT2D eigenvalue weighted by molar-refractivity contribution is 6.31. The molecule has 1 saturated heterocycles. The predicted molar refractivity (Wildman–Crippen MR) is 81.3 cm³/mol. The number of aromatic nitrogens is 3. The molecule has 1 saturated carbocycles. The Labute approximate surface area is 132 Å². The quantitative estimate of drug-likeness (QED) is 0.935. The van der Waals surface area contributed by atoms with E-state index < -0.39 is 5.97 Å². The number of nitrogens with zero attached hydrogens (tertiary/aromatic N) is 4. The van der Waals surface area contributed by atoms with Gasteiger partial charge in [-0.3, -0.25) is 0 Å². The third-order valence-corrected chi connectivity index (χ3v) is 4.78. The van der Waals surface area contributed by atoms with Crippen LogP contribution in [-0.4, -0.2) is 38.7 Å². The third kappa shape index (κ3) is 2.43. The van der Waals surface area contributed by atoms with Crippen molar-refractivity contribution in [1.82, 2.24) is 14.5 Å². The molecular formula is C15H15ClN4O2. The molecule has 6 nitrogen and oxygen atoms in total. The van der Waals surface area contributed by atoms with Gasteiger partial charge in [-0.15, -0.1) is 0 Å². The molecule has 22 heavy (non-hydrogen) atoms. The molecule has 0 aromatic carbocycles. The second-order valence-electron chi connectivity index (χ2n) is 6.03. The normalized spacial score (nSPS) is 22.7. The van der Waals surface area contributed by atoms with E-state index in [1.54, 1.807) is 10.8 Å². The molecule has 1 aliphatic carbocycles. The van der Waals surface area contributed by atoms with Crippen LogP contribution in [0.3, 0.4) is 0 Å².